The van der Waals surface area contributed by atoms with E-state index in [4.69, 9.17) is 5.26 Å². The van der Waals surface area contributed by atoms with Crippen LogP contribution in [0.5, 0.6) is 0 Å². The van der Waals surface area contributed by atoms with Crippen molar-refractivity contribution in [2.75, 3.05) is 0 Å². The summed E-state index contributed by atoms with van der Waals surface area (Å²) in [5.41, 5.74) is -8.85. The van der Waals surface area contributed by atoms with Crippen LogP contribution in [0.15, 0.2) is 29.3 Å². The Morgan fingerprint density at radius 2 is 1.90 bits per heavy atom. The van der Waals surface area contributed by atoms with Crippen LogP contribution in [-0.2, 0) is 16.3 Å². The molecule has 0 radical (unpaired) electrons. The average Bonchev–Trinajstić information content (AvgIpc) is 3.04. The summed E-state index contributed by atoms with van der Waals surface area (Å²) in [6.45, 7) is 0. The number of nitrogens with zero attached hydrogens (tertiary/aromatic N) is 2. The van der Waals surface area contributed by atoms with Crippen molar-refractivity contribution in [1.82, 2.24) is 4.57 Å². The van der Waals surface area contributed by atoms with Crippen LogP contribution in [0.2, 0.25) is 0 Å². The highest BCUT2D eigenvalue weighted by Crippen LogP contribution is 2.47. The van der Waals surface area contributed by atoms with Gasteiger partial charge in [0.2, 0.25) is 0 Å². The van der Waals surface area contributed by atoms with Crippen molar-refractivity contribution in [3.63, 3.8) is 0 Å². The lowest BCUT2D eigenvalue weighted by Crippen LogP contribution is -2.34. The Morgan fingerprint density at radius 3 is 2.43 bits per heavy atom. The van der Waals surface area contributed by atoms with E-state index >= 15 is 0 Å². The lowest BCUT2D eigenvalue weighted by Gasteiger charge is -2.29. The van der Waals surface area contributed by atoms with E-state index < -0.39 is 68.2 Å². The zero-order chi connectivity index (χ0) is 22.6. The average molecular weight is 456 g/mol. The topological polar surface area (TPSA) is 83.1 Å². The van der Waals surface area contributed by atoms with Crippen molar-refractivity contribution < 1.29 is 44.3 Å². The number of benzene rings is 1. The van der Waals surface area contributed by atoms with Crippen LogP contribution in [0.4, 0.5) is 30.7 Å². The summed E-state index contributed by atoms with van der Waals surface area (Å²) >= 11 is 0. The van der Waals surface area contributed by atoms with Gasteiger partial charge in [-0.2, -0.15) is 18.4 Å². The van der Waals surface area contributed by atoms with E-state index in [0.29, 0.717) is 6.20 Å². The molecule has 3 rings (SSSR count). The third-order valence-corrected chi connectivity index (χ3v) is 6.26. The number of sulfone groups is 1. The Hall–Kier alpha value is -2.59. The SMILES string of the molecule is N#Cc1ccc(-n2cc(S(=O)(=O)C(F)(F)F)c3c2CCC(F)(F)C3O)cc1C(F)F. The van der Waals surface area contributed by atoms with Crippen molar-refractivity contribution >= 4 is 9.84 Å². The Bertz CT molecular complexity index is 1150. The van der Waals surface area contributed by atoms with Crippen LogP contribution in [0, 0.1) is 11.3 Å². The molecule has 2 aromatic rings. The standard InChI is InChI=1S/C17H11F7N2O3S/c18-15(19)10-5-9(2-1-8(10)6-25)26-7-12(30(28,29)17(22,23)24)13-11(26)3-4-16(20,21)14(13)27/h1-2,5,7,14-15,27H,3-4H2. The molecule has 0 amide bonds. The number of rotatable bonds is 3. The molecule has 13 heteroatoms. The summed E-state index contributed by atoms with van der Waals surface area (Å²) < 4.78 is 118. The minimum atomic E-state index is -6.14. The normalized spacial score (nSPS) is 18.9. The maximum absolute atomic E-state index is 14.0. The second-order valence-electron chi connectivity index (χ2n) is 6.52. The number of aromatic nitrogens is 1. The minimum Gasteiger partial charge on any atom is -0.382 e. The first-order valence-corrected chi connectivity index (χ1v) is 9.64. The molecule has 0 bridgehead atoms. The van der Waals surface area contributed by atoms with E-state index in [9.17, 15) is 44.3 Å². The van der Waals surface area contributed by atoms with Gasteiger partial charge in [-0.3, -0.25) is 0 Å². The molecule has 0 saturated heterocycles. The first-order chi connectivity index (χ1) is 13.7. The first-order valence-electron chi connectivity index (χ1n) is 8.16. The highest BCUT2D eigenvalue weighted by molar-refractivity contribution is 7.92. The van der Waals surface area contributed by atoms with E-state index in [2.05, 4.69) is 0 Å². The molecular formula is C17H11F7N2O3S. The van der Waals surface area contributed by atoms with Crippen molar-refractivity contribution in [1.29, 1.82) is 5.26 Å². The summed E-state index contributed by atoms with van der Waals surface area (Å²) in [6, 6.07) is 4.24. The van der Waals surface area contributed by atoms with Crippen molar-refractivity contribution in [2.24, 2.45) is 0 Å². The second-order valence-corrected chi connectivity index (χ2v) is 8.43. The fourth-order valence-electron chi connectivity index (χ4n) is 3.27. The van der Waals surface area contributed by atoms with E-state index in [-0.39, 0.29) is 11.4 Å². The molecule has 0 spiro atoms. The van der Waals surface area contributed by atoms with E-state index in [1.54, 1.807) is 0 Å². The molecule has 1 N–H and O–H groups in total. The molecule has 5 nitrogen and oxygen atoms in total. The monoisotopic (exact) mass is 456 g/mol. The summed E-state index contributed by atoms with van der Waals surface area (Å²) in [5.74, 6) is -3.89. The molecule has 0 saturated carbocycles. The Labute approximate surface area is 164 Å². The fraction of sp³-hybridized carbons (Fsp3) is 0.353. The number of nitriles is 1. The van der Waals surface area contributed by atoms with Gasteiger partial charge in [0.05, 0.1) is 11.6 Å². The van der Waals surface area contributed by atoms with Gasteiger partial charge in [-0.1, -0.05) is 0 Å². The van der Waals surface area contributed by atoms with Gasteiger partial charge in [0, 0.05) is 35.1 Å². The van der Waals surface area contributed by atoms with Gasteiger partial charge in [0.1, 0.15) is 11.0 Å². The van der Waals surface area contributed by atoms with Gasteiger partial charge in [-0.05, 0) is 24.6 Å². The Kier molecular flexibility index (Phi) is 5.15. The smallest absolute Gasteiger partial charge is 0.382 e. The lowest BCUT2D eigenvalue weighted by atomic mass is 9.91. The number of halogens is 7. The highest BCUT2D eigenvalue weighted by atomic mass is 32.2. The molecule has 0 aliphatic heterocycles. The van der Waals surface area contributed by atoms with Gasteiger partial charge >= 0.3 is 5.51 Å². The van der Waals surface area contributed by atoms with Crippen molar-refractivity contribution in [3.05, 3.63) is 46.8 Å². The van der Waals surface area contributed by atoms with Gasteiger partial charge in [0.15, 0.2) is 0 Å². The summed E-state index contributed by atoms with van der Waals surface area (Å²) in [4.78, 5) is -1.58. The van der Waals surface area contributed by atoms with E-state index in [0.717, 1.165) is 22.8 Å². The third kappa shape index (κ3) is 3.33. The van der Waals surface area contributed by atoms with Crippen molar-refractivity contribution in [3.8, 4) is 11.8 Å². The molecule has 1 heterocycles. The maximum Gasteiger partial charge on any atom is 0.501 e. The Balaban J connectivity index is 2.34. The van der Waals surface area contributed by atoms with Crippen molar-refractivity contribution in [2.45, 2.75) is 41.7 Å². The van der Waals surface area contributed by atoms with Gasteiger partial charge in [-0.25, -0.2) is 26.0 Å². The molecule has 162 valence electrons. The largest absolute Gasteiger partial charge is 0.501 e. The number of hydrogen-bond acceptors (Lipinski definition) is 4. The minimum absolute atomic E-state index is 0.276. The third-order valence-electron chi connectivity index (χ3n) is 4.75. The number of fused-ring (bicyclic) bond motifs is 1. The summed E-state index contributed by atoms with van der Waals surface area (Å²) in [6.07, 6.45) is -7.25. The summed E-state index contributed by atoms with van der Waals surface area (Å²) in [5, 5.41) is 18.8. The van der Waals surface area contributed by atoms with Crippen LogP contribution in [0.25, 0.3) is 5.69 Å². The van der Waals surface area contributed by atoms with Gasteiger partial charge in [0.25, 0.3) is 22.2 Å². The molecule has 1 aliphatic carbocycles. The zero-order valence-electron chi connectivity index (χ0n) is 14.6. The highest BCUT2D eigenvalue weighted by Gasteiger charge is 2.54. The van der Waals surface area contributed by atoms with E-state index in [1.165, 1.54) is 6.07 Å². The predicted molar refractivity (Wildman–Crippen MR) is 86.9 cm³/mol. The molecule has 1 atom stereocenters. The molecular weight excluding hydrogens is 445 g/mol. The van der Waals surface area contributed by atoms with Crippen LogP contribution < -0.4 is 0 Å². The fourth-order valence-corrected chi connectivity index (χ4v) is 4.28. The maximum atomic E-state index is 14.0. The summed E-state index contributed by atoms with van der Waals surface area (Å²) in [7, 11) is -6.14. The predicted octanol–water partition coefficient (Wildman–Crippen LogP) is 4.19. The van der Waals surface area contributed by atoms with Gasteiger partial charge in [-0.15, -0.1) is 0 Å². The zero-order valence-corrected chi connectivity index (χ0v) is 15.4. The number of aliphatic hydroxyl groups excluding tert-OH is 1. The molecule has 30 heavy (non-hydrogen) atoms. The Morgan fingerprint density at radius 1 is 1.27 bits per heavy atom. The molecule has 0 fully saturated rings. The van der Waals surface area contributed by atoms with Crippen LogP contribution in [-0.4, -0.2) is 29.5 Å². The molecule has 1 unspecified atom stereocenters. The molecule has 1 aromatic heterocycles. The number of aliphatic hydroxyl groups is 1. The first kappa shape index (κ1) is 22.1. The van der Waals surface area contributed by atoms with Gasteiger partial charge < -0.3 is 9.67 Å². The van der Waals surface area contributed by atoms with E-state index in [1.807, 2.05) is 0 Å². The van der Waals surface area contributed by atoms with Crippen LogP contribution in [0.3, 0.4) is 0 Å². The second kappa shape index (κ2) is 6.98. The molecule has 1 aliphatic rings. The number of alkyl halides is 7. The van der Waals surface area contributed by atoms with Crippen LogP contribution in [0.1, 0.15) is 41.3 Å². The lowest BCUT2D eigenvalue weighted by molar-refractivity contribution is -0.123. The molecule has 1 aromatic carbocycles. The number of hydrogen-bond donors (Lipinski definition) is 1. The van der Waals surface area contributed by atoms with Crippen LogP contribution >= 0.6 is 0 Å². The quantitative estimate of drug-likeness (QED) is 0.702.